The predicted octanol–water partition coefficient (Wildman–Crippen LogP) is -3.12. The number of nitrogens with zero attached hydrogens (tertiary/aromatic N) is 1. The molecule has 0 aromatic rings. The molecule has 19 heteroatoms. The molecule has 0 aromatic heterocycles. The van der Waals surface area contributed by atoms with E-state index in [-0.39, 0.29) is 24.5 Å². The topological polar surface area (TPSA) is 272 Å². The van der Waals surface area contributed by atoms with Gasteiger partial charge in [-0.1, -0.05) is 27.7 Å². The van der Waals surface area contributed by atoms with E-state index in [1.165, 1.54) is 11.8 Å². The minimum absolute atomic E-state index is 0.0638. The van der Waals surface area contributed by atoms with E-state index in [1.54, 1.807) is 27.7 Å². The van der Waals surface area contributed by atoms with E-state index >= 15 is 0 Å². The van der Waals surface area contributed by atoms with Crippen molar-refractivity contribution < 1.29 is 43.5 Å². The van der Waals surface area contributed by atoms with E-state index in [4.69, 9.17) is 11.5 Å². The number of rotatable bonds is 18. The van der Waals surface area contributed by atoms with Crippen molar-refractivity contribution in [2.75, 3.05) is 18.1 Å². The van der Waals surface area contributed by atoms with Gasteiger partial charge in [-0.05, 0) is 31.6 Å². The van der Waals surface area contributed by atoms with Gasteiger partial charge in [0, 0.05) is 18.1 Å². The van der Waals surface area contributed by atoms with Crippen LogP contribution < -0.4 is 38.1 Å². The maximum Gasteiger partial charge on any atom is 0.327 e. The van der Waals surface area contributed by atoms with Crippen molar-refractivity contribution in [1.29, 1.82) is 0 Å². The van der Waals surface area contributed by atoms with Gasteiger partial charge in [-0.2, -0.15) is 25.3 Å². The van der Waals surface area contributed by atoms with Crippen molar-refractivity contribution >= 4 is 72.6 Å². The first-order chi connectivity index (χ1) is 21.9. The number of primary amides is 1. The van der Waals surface area contributed by atoms with Crippen molar-refractivity contribution in [2.45, 2.75) is 96.2 Å². The Morgan fingerprint density at radius 1 is 0.766 bits per heavy atom. The molecule has 1 aliphatic heterocycles. The smallest absolute Gasteiger partial charge is 0.327 e. The molecule has 1 heterocycles. The highest BCUT2D eigenvalue weighted by molar-refractivity contribution is 7.80. The second-order valence-electron chi connectivity index (χ2n) is 12.0. The fraction of sp³-hybridized carbons (Fsp3) is 0.714. The van der Waals surface area contributed by atoms with Crippen molar-refractivity contribution in [3.63, 3.8) is 0 Å². The van der Waals surface area contributed by atoms with E-state index in [0.717, 1.165) is 0 Å². The number of carboxylic acids is 1. The Morgan fingerprint density at radius 2 is 1.34 bits per heavy atom. The maximum absolute atomic E-state index is 13.8. The van der Waals surface area contributed by atoms with Crippen molar-refractivity contribution in [3.8, 4) is 0 Å². The highest BCUT2D eigenvalue weighted by atomic mass is 32.1. The number of carbonyl (C=O) groups is 8. The molecule has 17 nitrogen and oxygen atoms in total. The largest absolute Gasteiger partial charge is 0.480 e. The molecule has 7 atom stereocenters. The van der Waals surface area contributed by atoms with Gasteiger partial charge in [0.1, 0.15) is 36.3 Å². The summed E-state index contributed by atoms with van der Waals surface area (Å²) in [7, 11) is 0. The zero-order valence-corrected chi connectivity index (χ0v) is 28.9. The molecule has 1 rings (SSSR count). The number of nitrogens with two attached hydrogens (primary N) is 2. The van der Waals surface area contributed by atoms with Gasteiger partial charge in [0.15, 0.2) is 0 Å². The standard InChI is InChI=1S/C28H48N8O9S2/c1-12(2)20(34-22(38)14(5)31-23(39)15(29)10-46)26(42)35-21(13(3)4)27(43)36-8-6-7-18(36)25(41)32-16(9-19(30)37)24(40)33-17(11-47)28(44)45/h12-18,20-21,46-47H,6-11,29H2,1-5H3,(H2,30,37)(H,31,39)(H,32,41)(H,33,40)(H,34,38)(H,35,42)(H,44,45)/t14-,15-,16-,17-,18-,20-,21-/m0/s1. The number of carboxylic acid groups (broad SMARTS) is 1. The van der Waals surface area contributed by atoms with Crippen LogP contribution in [-0.4, -0.2) is 118 Å². The first kappa shape index (κ1) is 41.4. The van der Waals surface area contributed by atoms with Crippen LogP contribution in [0, 0.1) is 11.8 Å². The number of hydrogen-bond donors (Lipinski definition) is 10. The van der Waals surface area contributed by atoms with Crippen LogP contribution in [0.3, 0.4) is 0 Å². The zero-order chi connectivity index (χ0) is 36.2. The highest BCUT2D eigenvalue weighted by Gasteiger charge is 2.41. The summed E-state index contributed by atoms with van der Waals surface area (Å²) in [6.07, 6.45) is -0.00357. The molecule has 1 fully saturated rings. The minimum atomic E-state index is -1.52. The second-order valence-corrected chi connectivity index (χ2v) is 12.7. The Balaban J connectivity index is 3.10. The number of amides is 7. The molecule has 0 saturated carbocycles. The molecule has 0 aromatic carbocycles. The van der Waals surface area contributed by atoms with Gasteiger partial charge in [0.2, 0.25) is 41.4 Å². The molecule has 47 heavy (non-hydrogen) atoms. The van der Waals surface area contributed by atoms with Crippen LogP contribution in [0.25, 0.3) is 0 Å². The van der Waals surface area contributed by atoms with Crippen LogP contribution in [0.15, 0.2) is 0 Å². The van der Waals surface area contributed by atoms with Gasteiger partial charge >= 0.3 is 5.97 Å². The van der Waals surface area contributed by atoms with Gasteiger partial charge in [-0.25, -0.2) is 4.79 Å². The Labute approximate surface area is 284 Å². The van der Waals surface area contributed by atoms with E-state index in [2.05, 4.69) is 51.8 Å². The Hall–Kier alpha value is -3.58. The van der Waals surface area contributed by atoms with Crippen LogP contribution in [-0.2, 0) is 38.4 Å². The number of likely N-dealkylation sites (tertiary alicyclic amines) is 1. The first-order valence-electron chi connectivity index (χ1n) is 15.2. The summed E-state index contributed by atoms with van der Waals surface area (Å²) in [5, 5.41) is 21.6. The molecule has 0 bridgehead atoms. The SMILES string of the molecule is CC(C)[C@H](NC(=O)[C@H](C)NC(=O)[C@@H](N)CS)C(=O)N[C@H](C(=O)N1CCC[C@H]1C(=O)N[C@@H](CC(N)=O)C(=O)N[C@@H](CS)C(=O)O)C(C)C. The van der Waals surface area contributed by atoms with Crippen molar-refractivity contribution in [2.24, 2.45) is 23.3 Å². The average Bonchev–Trinajstić information content (AvgIpc) is 3.49. The minimum Gasteiger partial charge on any atom is -0.480 e. The lowest BCUT2D eigenvalue weighted by molar-refractivity contribution is -0.144. The molecular formula is C28H48N8O9S2. The van der Waals surface area contributed by atoms with E-state index in [0.29, 0.717) is 6.42 Å². The molecule has 0 spiro atoms. The molecule has 0 unspecified atom stereocenters. The normalized spacial score (nSPS) is 18.3. The van der Waals surface area contributed by atoms with Crippen molar-refractivity contribution in [3.05, 3.63) is 0 Å². The van der Waals surface area contributed by atoms with E-state index < -0.39 is 108 Å². The number of carbonyl (C=O) groups excluding carboxylic acids is 7. The number of hydrogen-bond acceptors (Lipinski definition) is 11. The summed E-state index contributed by atoms with van der Waals surface area (Å²) < 4.78 is 0. The van der Waals surface area contributed by atoms with Crippen LogP contribution in [0.5, 0.6) is 0 Å². The Kier molecular flexibility index (Phi) is 17.0. The zero-order valence-electron chi connectivity index (χ0n) is 27.1. The number of aliphatic carboxylic acids is 1. The van der Waals surface area contributed by atoms with Gasteiger partial charge in [0.25, 0.3) is 0 Å². The van der Waals surface area contributed by atoms with E-state index in [1.807, 2.05) is 0 Å². The Bertz CT molecular complexity index is 1190. The van der Waals surface area contributed by atoms with Gasteiger partial charge in [-0.3, -0.25) is 33.6 Å². The van der Waals surface area contributed by atoms with Crippen LogP contribution in [0.1, 0.15) is 53.9 Å². The van der Waals surface area contributed by atoms with Crippen LogP contribution in [0.2, 0.25) is 0 Å². The molecule has 1 aliphatic rings. The first-order valence-corrected chi connectivity index (χ1v) is 16.4. The third-order valence-electron chi connectivity index (χ3n) is 7.44. The maximum atomic E-state index is 13.8. The molecule has 1 saturated heterocycles. The fourth-order valence-electron chi connectivity index (χ4n) is 4.66. The number of nitrogens with one attached hydrogen (secondary N) is 5. The second kappa shape index (κ2) is 19.3. The summed E-state index contributed by atoms with van der Waals surface area (Å²) >= 11 is 7.84. The van der Waals surface area contributed by atoms with Gasteiger partial charge < -0.3 is 48.1 Å². The van der Waals surface area contributed by atoms with Crippen molar-refractivity contribution in [1.82, 2.24) is 31.5 Å². The molecule has 0 radical (unpaired) electrons. The monoisotopic (exact) mass is 704 g/mol. The summed E-state index contributed by atoms with van der Waals surface area (Å²) in [6.45, 7) is 8.32. The van der Waals surface area contributed by atoms with Crippen LogP contribution >= 0.6 is 25.3 Å². The van der Waals surface area contributed by atoms with Gasteiger partial charge in [0.05, 0.1) is 12.5 Å². The molecule has 7 amide bonds. The summed E-state index contributed by atoms with van der Waals surface area (Å²) in [4.78, 5) is 102. The number of thiol groups is 2. The summed E-state index contributed by atoms with van der Waals surface area (Å²) in [5.74, 6) is -7.62. The lowest BCUT2D eigenvalue weighted by Gasteiger charge is -2.32. The fourth-order valence-corrected chi connectivity index (χ4v) is 5.07. The third kappa shape index (κ3) is 12.5. The average molecular weight is 705 g/mol. The van der Waals surface area contributed by atoms with E-state index in [9.17, 15) is 43.5 Å². The van der Waals surface area contributed by atoms with Crippen LogP contribution in [0.4, 0.5) is 0 Å². The lowest BCUT2D eigenvalue weighted by Crippen LogP contribution is -2.61. The lowest BCUT2D eigenvalue weighted by atomic mass is 9.98. The predicted molar refractivity (Wildman–Crippen MR) is 177 cm³/mol. The van der Waals surface area contributed by atoms with Gasteiger partial charge in [-0.15, -0.1) is 0 Å². The quantitative estimate of drug-likeness (QED) is 0.0641. The summed E-state index contributed by atoms with van der Waals surface area (Å²) in [6, 6.07) is -8.14. The molecule has 266 valence electrons. The third-order valence-corrected chi connectivity index (χ3v) is 8.20. The Morgan fingerprint density at radius 3 is 1.83 bits per heavy atom. The highest BCUT2D eigenvalue weighted by Crippen LogP contribution is 2.21. The molecule has 0 aliphatic carbocycles. The summed E-state index contributed by atoms with van der Waals surface area (Å²) in [5.41, 5.74) is 10.9. The molecule has 10 N–H and O–H groups in total. The molecular weight excluding hydrogens is 656 g/mol.